The van der Waals surface area contributed by atoms with Gasteiger partial charge in [0.2, 0.25) is 0 Å². The maximum Gasteiger partial charge on any atom is 0.101 e. The number of nitrogens with zero attached hydrogens (tertiary/aromatic N) is 1. The first-order chi connectivity index (χ1) is 9.74. The molecule has 0 amide bonds. The number of hydrogen-bond acceptors (Lipinski definition) is 2. The quantitative estimate of drug-likeness (QED) is 0.850. The van der Waals surface area contributed by atoms with Gasteiger partial charge < -0.3 is 5.32 Å². The molecule has 1 N–H and O–H groups in total. The lowest BCUT2D eigenvalue weighted by atomic mass is 10.0. The molecule has 0 aliphatic heterocycles. The average Bonchev–Trinajstić information content (AvgIpc) is 2.49. The van der Waals surface area contributed by atoms with E-state index in [1.165, 1.54) is 17.5 Å². The smallest absolute Gasteiger partial charge is 0.101 e. The SMILES string of the molecule is CCCc1ccc(C(C)Nc2ccccc2C#N)cc1. The van der Waals surface area contributed by atoms with E-state index in [1.807, 2.05) is 24.3 Å². The zero-order valence-electron chi connectivity index (χ0n) is 12.1. The van der Waals surface area contributed by atoms with E-state index in [-0.39, 0.29) is 6.04 Å². The summed E-state index contributed by atoms with van der Waals surface area (Å²) in [6.45, 7) is 4.31. The van der Waals surface area contributed by atoms with Crippen LogP contribution < -0.4 is 5.32 Å². The summed E-state index contributed by atoms with van der Waals surface area (Å²) >= 11 is 0. The Labute approximate surface area is 121 Å². The van der Waals surface area contributed by atoms with E-state index in [9.17, 15) is 0 Å². The molecule has 0 saturated carbocycles. The van der Waals surface area contributed by atoms with E-state index >= 15 is 0 Å². The Kier molecular flexibility index (Phi) is 4.79. The molecule has 20 heavy (non-hydrogen) atoms. The van der Waals surface area contributed by atoms with Crippen LogP contribution in [0.3, 0.4) is 0 Å². The standard InChI is InChI=1S/C18H20N2/c1-3-6-15-9-11-16(12-10-15)14(2)20-18-8-5-4-7-17(18)13-19/h4-5,7-12,14,20H,3,6H2,1-2H3. The fourth-order valence-electron chi connectivity index (χ4n) is 2.28. The van der Waals surface area contributed by atoms with Crippen molar-refractivity contribution in [3.63, 3.8) is 0 Å². The molecule has 2 aromatic carbocycles. The minimum absolute atomic E-state index is 0.181. The van der Waals surface area contributed by atoms with Crippen molar-refractivity contribution in [2.24, 2.45) is 0 Å². The molecule has 2 aromatic rings. The Balaban J connectivity index is 2.11. The third-order valence-corrected chi connectivity index (χ3v) is 3.44. The summed E-state index contributed by atoms with van der Waals surface area (Å²) in [5.41, 5.74) is 4.18. The molecule has 1 atom stereocenters. The zero-order chi connectivity index (χ0) is 14.4. The van der Waals surface area contributed by atoms with Gasteiger partial charge in [0.15, 0.2) is 0 Å². The number of aryl methyl sites for hydroxylation is 1. The number of anilines is 1. The molecule has 0 radical (unpaired) electrons. The van der Waals surface area contributed by atoms with Gasteiger partial charge in [-0.25, -0.2) is 0 Å². The van der Waals surface area contributed by atoms with Crippen molar-refractivity contribution < 1.29 is 0 Å². The molecule has 0 spiro atoms. The van der Waals surface area contributed by atoms with Crippen molar-refractivity contribution in [3.8, 4) is 6.07 Å². The van der Waals surface area contributed by atoms with Gasteiger partial charge in [-0.15, -0.1) is 0 Å². The molecule has 0 aliphatic carbocycles. The highest BCUT2D eigenvalue weighted by molar-refractivity contribution is 5.58. The number of hydrogen-bond donors (Lipinski definition) is 1. The number of rotatable bonds is 5. The molecule has 0 fully saturated rings. The second-order valence-electron chi connectivity index (χ2n) is 5.01. The van der Waals surface area contributed by atoms with Gasteiger partial charge >= 0.3 is 0 Å². The molecule has 2 nitrogen and oxygen atoms in total. The maximum atomic E-state index is 9.11. The third-order valence-electron chi connectivity index (χ3n) is 3.44. The van der Waals surface area contributed by atoms with Gasteiger partial charge in [0.1, 0.15) is 6.07 Å². The van der Waals surface area contributed by atoms with Crippen LogP contribution in [0.4, 0.5) is 5.69 Å². The van der Waals surface area contributed by atoms with Crippen molar-refractivity contribution in [2.75, 3.05) is 5.32 Å². The highest BCUT2D eigenvalue weighted by Gasteiger charge is 2.07. The highest BCUT2D eigenvalue weighted by atomic mass is 14.9. The van der Waals surface area contributed by atoms with E-state index in [1.54, 1.807) is 0 Å². The molecule has 1 unspecified atom stereocenters. The van der Waals surface area contributed by atoms with Crippen molar-refractivity contribution in [1.82, 2.24) is 0 Å². The summed E-state index contributed by atoms with van der Waals surface area (Å²) in [5.74, 6) is 0. The Hall–Kier alpha value is -2.27. The van der Waals surface area contributed by atoms with Crippen molar-refractivity contribution in [1.29, 1.82) is 5.26 Å². The van der Waals surface area contributed by atoms with Crippen molar-refractivity contribution in [2.45, 2.75) is 32.7 Å². The first kappa shape index (κ1) is 14.1. The molecule has 0 aromatic heterocycles. The van der Waals surface area contributed by atoms with E-state index < -0.39 is 0 Å². The van der Waals surface area contributed by atoms with Crippen LogP contribution >= 0.6 is 0 Å². The molecule has 102 valence electrons. The first-order valence-electron chi connectivity index (χ1n) is 7.09. The Bertz CT molecular complexity index is 594. The van der Waals surface area contributed by atoms with Gasteiger partial charge in [0, 0.05) is 6.04 Å². The van der Waals surface area contributed by atoms with Crippen molar-refractivity contribution in [3.05, 3.63) is 65.2 Å². The van der Waals surface area contributed by atoms with Gasteiger partial charge in [-0.3, -0.25) is 0 Å². The van der Waals surface area contributed by atoms with Crippen LogP contribution in [0.25, 0.3) is 0 Å². The highest BCUT2D eigenvalue weighted by Crippen LogP contribution is 2.22. The van der Waals surface area contributed by atoms with Gasteiger partial charge in [-0.2, -0.15) is 5.26 Å². The molecular formula is C18H20N2. The predicted molar refractivity (Wildman–Crippen MR) is 83.6 cm³/mol. The summed E-state index contributed by atoms with van der Waals surface area (Å²) in [6.07, 6.45) is 2.29. The number of benzene rings is 2. The lowest BCUT2D eigenvalue weighted by Crippen LogP contribution is -2.07. The fraction of sp³-hybridized carbons (Fsp3) is 0.278. The van der Waals surface area contributed by atoms with Crippen LogP contribution in [0.1, 0.15) is 43.0 Å². The lowest BCUT2D eigenvalue weighted by Gasteiger charge is -2.17. The van der Waals surface area contributed by atoms with Crippen molar-refractivity contribution >= 4 is 5.69 Å². The number of nitriles is 1. The molecule has 2 heteroatoms. The van der Waals surface area contributed by atoms with Crippen LogP contribution in [0.15, 0.2) is 48.5 Å². The van der Waals surface area contributed by atoms with Crippen LogP contribution in [-0.2, 0) is 6.42 Å². The van der Waals surface area contributed by atoms with Crippen LogP contribution in [-0.4, -0.2) is 0 Å². The van der Waals surface area contributed by atoms with Crippen LogP contribution in [0.5, 0.6) is 0 Å². The maximum absolute atomic E-state index is 9.11. The van der Waals surface area contributed by atoms with Gasteiger partial charge in [-0.1, -0.05) is 49.7 Å². The predicted octanol–water partition coefficient (Wildman–Crippen LogP) is 4.68. The van der Waals surface area contributed by atoms with Crippen LogP contribution in [0, 0.1) is 11.3 Å². The summed E-state index contributed by atoms with van der Waals surface area (Å²) in [4.78, 5) is 0. The largest absolute Gasteiger partial charge is 0.377 e. The Morgan fingerprint density at radius 2 is 1.80 bits per heavy atom. The van der Waals surface area contributed by atoms with E-state index in [4.69, 9.17) is 5.26 Å². The first-order valence-corrected chi connectivity index (χ1v) is 7.09. The van der Waals surface area contributed by atoms with Gasteiger partial charge in [0.25, 0.3) is 0 Å². The lowest BCUT2D eigenvalue weighted by molar-refractivity contribution is 0.876. The van der Waals surface area contributed by atoms with E-state index in [0.29, 0.717) is 5.56 Å². The number of para-hydroxylation sites is 1. The molecule has 0 bridgehead atoms. The minimum atomic E-state index is 0.181. The molecule has 0 aliphatic rings. The van der Waals surface area contributed by atoms with Crippen LogP contribution in [0.2, 0.25) is 0 Å². The second-order valence-corrected chi connectivity index (χ2v) is 5.01. The molecule has 0 saturated heterocycles. The topological polar surface area (TPSA) is 35.8 Å². The fourth-order valence-corrected chi connectivity index (χ4v) is 2.28. The Morgan fingerprint density at radius 1 is 1.10 bits per heavy atom. The van der Waals surface area contributed by atoms with E-state index in [0.717, 1.165) is 12.1 Å². The summed E-state index contributed by atoms with van der Waals surface area (Å²) in [7, 11) is 0. The average molecular weight is 264 g/mol. The molecule has 0 heterocycles. The zero-order valence-corrected chi connectivity index (χ0v) is 12.1. The third kappa shape index (κ3) is 3.39. The monoisotopic (exact) mass is 264 g/mol. The summed E-state index contributed by atoms with van der Waals surface area (Å²) < 4.78 is 0. The molecule has 2 rings (SSSR count). The van der Waals surface area contributed by atoms with E-state index in [2.05, 4.69) is 49.5 Å². The Morgan fingerprint density at radius 3 is 2.45 bits per heavy atom. The van der Waals surface area contributed by atoms with Gasteiger partial charge in [0.05, 0.1) is 11.3 Å². The number of nitrogens with one attached hydrogen (secondary N) is 1. The summed E-state index contributed by atoms with van der Waals surface area (Å²) in [6, 6.07) is 18.7. The summed E-state index contributed by atoms with van der Waals surface area (Å²) in [5, 5.41) is 12.5. The normalized spacial score (nSPS) is 11.7. The molecular weight excluding hydrogens is 244 g/mol. The minimum Gasteiger partial charge on any atom is -0.377 e. The van der Waals surface area contributed by atoms with Gasteiger partial charge in [-0.05, 0) is 36.6 Å². The second kappa shape index (κ2) is 6.77.